The van der Waals surface area contributed by atoms with E-state index >= 15 is 0 Å². The average molecular weight is 526 g/mol. The molecular formula is C26H31N5O5S. The molecule has 0 radical (unpaired) electrons. The fourth-order valence-electron chi connectivity index (χ4n) is 3.60. The Bertz CT molecular complexity index is 1200. The van der Waals surface area contributed by atoms with Crippen molar-refractivity contribution in [1.29, 1.82) is 0 Å². The van der Waals surface area contributed by atoms with E-state index in [1.165, 1.54) is 22.9 Å². The van der Waals surface area contributed by atoms with Crippen LogP contribution in [-0.4, -0.2) is 49.2 Å². The van der Waals surface area contributed by atoms with E-state index in [1.807, 2.05) is 12.1 Å². The maximum absolute atomic E-state index is 12.8. The summed E-state index contributed by atoms with van der Waals surface area (Å²) >= 11 is 1.38. The number of carboxylic acid groups (broad SMARTS) is 1. The molecule has 0 fully saturated rings. The molecule has 2 aromatic carbocycles. The number of carbonyl (C=O) groups is 3. The van der Waals surface area contributed by atoms with Crippen LogP contribution in [0, 0.1) is 0 Å². The fourth-order valence-corrected chi connectivity index (χ4v) is 4.84. The summed E-state index contributed by atoms with van der Waals surface area (Å²) in [5.41, 5.74) is 3.10. The Labute approximate surface area is 219 Å². The first-order valence-corrected chi connectivity index (χ1v) is 12.8. The van der Waals surface area contributed by atoms with Gasteiger partial charge >= 0.3 is 12.1 Å². The van der Waals surface area contributed by atoms with Gasteiger partial charge in [-0.05, 0) is 45.5 Å². The van der Waals surface area contributed by atoms with Crippen LogP contribution in [0.2, 0.25) is 0 Å². The van der Waals surface area contributed by atoms with Gasteiger partial charge in [0, 0.05) is 4.90 Å². The number of benzene rings is 2. The van der Waals surface area contributed by atoms with Crippen LogP contribution in [0.5, 0.6) is 0 Å². The standard InChI is InChI=1S/C26H31N5O5S/c1-16(2)19-11-8-12-20(17(3)4)24(19)37-25-28-30-31(29-25)14-22(32)21(13-23(33)34)27-26(35)36-15-18-9-6-5-7-10-18/h5-12,16-17,21H,13-15H2,1-4H3,(H,27,35)(H,33,34). The molecule has 11 heteroatoms. The zero-order valence-electron chi connectivity index (χ0n) is 21.2. The van der Waals surface area contributed by atoms with Crippen molar-refractivity contribution in [2.24, 2.45) is 0 Å². The van der Waals surface area contributed by atoms with Crippen LogP contribution < -0.4 is 5.32 Å². The van der Waals surface area contributed by atoms with Crippen LogP contribution in [0.4, 0.5) is 4.79 Å². The lowest BCUT2D eigenvalue weighted by atomic mass is 9.95. The van der Waals surface area contributed by atoms with Crippen molar-refractivity contribution in [1.82, 2.24) is 25.5 Å². The number of nitrogens with one attached hydrogen (secondary N) is 1. The Morgan fingerprint density at radius 1 is 1.00 bits per heavy atom. The molecule has 0 spiro atoms. The molecule has 0 saturated carbocycles. The molecule has 1 heterocycles. The topological polar surface area (TPSA) is 136 Å². The second kappa shape index (κ2) is 13.0. The van der Waals surface area contributed by atoms with E-state index in [-0.39, 0.29) is 13.2 Å². The fraction of sp³-hybridized carbons (Fsp3) is 0.385. The molecule has 0 aliphatic rings. The summed E-state index contributed by atoms with van der Waals surface area (Å²) < 4.78 is 5.12. The smallest absolute Gasteiger partial charge is 0.408 e. The maximum Gasteiger partial charge on any atom is 0.408 e. The molecule has 1 aromatic heterocycles. The number of aromatic nitrogens is 4. The number of hydrogen-bond donors (Lipinski definition) is 2. The molecule has 10 nitrogen and oxygen atoms in total. The summed E-state index contributed by atoms with van der Waals surface area (Å²) in [6, 6.07) is 13.9. The highest BCUT2D eigenvalue weighted by atomic mass is 32.2. The Morgan fingerprint density at radius 3 is 2.24 bits per heavy atom. The van der Waals surface area contributed by atoms with E-state index in [0.717, 1.165) is 15.3 Å². The molecule has 0 aliphatic carbocycles. The van der Waals surface area contributed by atoms with Crippen LogP contribution in [0.15, 0.2) is 58.6 Å². The van der Waals surface area contributed by atoms with Crippen LogP contribution in [0.3, 0.4) is 0 Å². The molecule has 37 heavy (non-hydrogen) atoms. The van der Waals surface area contributed by atoms with Gasteiger partial charge in [0.05, 0.1) is 6.42 Å². The van der Waals surface area contributed by atoms with Crippen molar-refractivity contribution in [3.63, 3.8) is 0 Å². The van der Waals surface area contributed by atoms with Crippen LogP contribution in [-0.2, 0) is 27.5 Å². The van der Waals surface area contributed by atoms with Crippen molar-refractivity contribution in [2.45, 2.75) is 75.2 Å². The van der Waals surface area contributed by atoms with Gasteiger partial charge in [-0.2, -0.15) is 4.80 Å². The minimum absolute atomic E-state index is 0.0118. The van der Waals surface area contributed by atoms with Gasteiger partial charge in [0.25, 0.3) is 0 Å². The molecule has 0 saturated heterocycles. The average Bonchev–Trinajstić information content (AvgIpc) is 3.29. The van der Waals surface area contributed by atoms with E-state index in [9.17, 15) is 19.5 Å². The van der Waals surface area contributed by atoms with Crippen molar-refractivity contribution in [3.05, 3.63) is 65.2 Å². The Kier molecular flexibility index (Phi) is 9.78. The second-order valence-electron chi connectivity index (χ2n) is 9.10. The molecular weight excluding hydrogens is 494 g/mol. The molecule has 0 bridgehead atoms. The lowest BCUT2D eigenvalue weighted by Gasteiger charge is -2.17. The molecule has 0 aliphatic heterocycles. The summed E-state index contributed by atoms with van der Waals surface area (Å²) in [6.07, 6.45) is -1.49. The molecule has 3 rings (SSSR count). The van der Waals surface area contributed by atoms with Gasteiger partial charge in [-0.3, -0.25) is 9.59 Å². The van der Waals surface area contributed by atoms with Crippen molar-refractivity contribution >= 4 is 29.6 Å². The number of carbonyl (C=O) groups excluding carboxylic acids is 2. The predicted molar refractivity (Wildman–Crippen MR) is 137 cm³/mol. The highest BCUT2D eigenvalue weighted by Crippen LogP contribution is 2.37. The number of tetrazole rings is 1. The predicted octanol–water partition coefficient (Wildman–Crippen LogP) is 4.41. The van der Waals surface area contributed by atoms with E-state index in [0.29, 0.717) is 17.0 Å². The summed E-state index contributed by atoms with van der Waals surface area (Å²) in [7, 11) is 0. The highest BCUT2D eigenvalue weighted by molar-refractivity contribution is 7.99. The summed E-state index contributed by atoms with van der Waals surface area (Å²) in [5, 5.41) is 24.3. The summed E-state index contributed by atoms with van der Waals surface area (Å²) in [4.78, 5) is 38.5. The third-order valence-corrected chi connectivity index (χ3v) is 6.54. The van der Waals surface area contributed by atoms with Crippen molar-refractivity contribution in [2.75, 3.05) is 0 Å². The van der Waals surface area contributed by atoms with E-state index in [1.54, 1.807) is 24.3 Å². The number of carboxylic acids is 1. The summed E-state index contributed by atoms with van der Waals surface area (Å²) in [5.74, 6) is -1.24. The number of alkyl carbamates (subject to hydrolysis) is 1. The number of Topliss-reactive ketones (excluding diaryl/α,β-unsaturated/α-hetero) is 1. The van der Waals surface area contributed by atoms with Gasteiger partial charge in [0.2, 0.25) is 5.16 Å². The van der Waals surface area contributed by atoms with Crippen molar-refractivity contribution in [3.8, 4) is 0 Å². The van der Waals surface area contributed by atoms with Gasteiger partial charge in [-0.15, -0.1) is 10.2 Å². The number of rotatable bonds is 12. The zero-order valence-corrected chi connectivity index (χ0v) is 22.1. The zero-order chi connectivity index (χ0) is 26.9. The second-order valence-corrected chi connectivity index (χ2v) is 10.1. The molecule has 1 amide bonds. The summed E-state index contributed by atoms with van der Waals surface area (Å²) in [6.45, 7) is 8.11. The minimum atomic E-state index is -1.31. The van der Waals surface area contributed by atoms with Gasteiger partial charge in [0.1, 0.15) is 19.2 Å². The monoisotopic (exact) mass is 525 g/mol. The Hall–Kier alpha value is -3.73. The number of ether oxygens (including phenoxy) is 1. The molecule has 3 aromatic rings. The Morgan fingerprint density at radius 2 is 1.65 bits per heavy atom. The third kappa shape index (κ3) is 8.14. The first-order chi connectivity index (χ1) is 17.6. The molecule has 1 atom stereocenters. The Balaban J connectivity index is 1.67. The van der Waals surface area contributed by atoms with Crippen LogP contribution in [0.1, 0.15) is 62.6 Å². The normalized spacial score (nSPS) is 11.9. The van der Waals surface area contributed by atoms with Gasteiger partial charge in [0.15, 0.2) is 5.78 Å². The molecule has 196 valence electrons. The van der Waals surface area contributed by atoms with Crippen LogP contribution >= 0.6 is 11.8 Å². The number of nitrogens with zero attached hydrogens (tertiary/aromatic N) is 4. The quantitative estimate of drug-likeness (QED) is 0.352. The van der Waals surface area contributed by atoms with Crippen LogP contribution in [0.25, 0.3) is 0 Å². The number of aliphatic carboxylic acids is 1. The minimum Gasteiger partial charge on any atom is -0.481 e. The number of ketones is 1. The van der Waals surface area contributed by atoms with E-state index in [2.05, 4.69) is 60.6 Å². The SMILES string of the molecule is CC(C)c1cccc(C(C)C)c1Sc1nnn(CC(=O)C(CC(=O)O)NC(=O)OCc2ccccc2)n1. The van der Waals surface area contributed by atoms with Gasteiger partial charge in [-0.1, -0.05) is 76.2 Å². The third-order valence-electron chi connectivity index (χ3n) is 5.52. The molecule has 1 unspecified atom stereocenters. The number of amides is 1. The van der Waals surface area contributed by atoms with E-state index in [4.69, 9.17) is 4.74 Å². The molecule has 2 N–H and O–H groups in total. The van der Waals surface area contributed by atoms with Crippen molar-refractivity contribution < 1.29 is 24.2 Å². The highest BCUT2D eigenvalue weighted by Gasteiger charge is 2.26. The lowest BCUT2D eigenvalue weighted by molar-refractivity contribution is -0.139. The van der Waals surface area contributed by atoms with Gasteiger partial charge in [-0.25, -0.2) is 4.79 Å². The first kappa shape index (κ1) is 27.9. The number of hydrogen-bond acceptors (Lipinski definition) is 8. The lowest BCUT2D eigenvalue weighted by Crippen LogP contribution is -2.44. The van der Waals surface area contributed by atoms with E-state index < -0.39 is 30.3 Å². The largest absolute Gasteiger partial charge is 0.481 e. The maximum atomic E-state index is 12.8. The van der Waals surface area contributed by atoms with Gasteiger partial charge < -0.3 is 15.2 Å². The first-order valence-electron chi connectivity index (χ1n) is 11.9.